The Kier molecular flexibility index (Phi) is 4.58. The zero-order chi connectivity index (χ0) is 8.91. The van der Waals surface area contributed by atoms with Crippen molar-refractivity contribution >= 4 is 11.8 Å². The standard InChI is InChI=1S/C8H15NOS/c1-8(2,10)5-6-11-7-9(3)4/h10H,7H2,1-4H3. The Hall–Kier alpha value is -0.170. The molecule has 0 aromatic heterocycles. The summed E-state index contributed by atoms with van der Waals surface area (Å²) in [7, 11) is 3.97. The quantitative estimate of drug-likeness (QED) is 0.497. The molecule has 64 valence electrons. The second-order valence-corrected chi connectivity index (χ2v) is 3.89. The molecule has 3 heteroatoms. The van der Waals surface area contributed by atoms with Crippen LogP contribution in [0.2, 0.25) is 0 Å². The highest BCUT2D eigenvalue weighted by Crippen LogP contribution is 2.01. The molecule has 0 saturated heterocycles. The topological polar surface area (TPSA) is 23.5 Å². The molecule has 11 heavy (non-hydrogen) atoms. The lowest BCUT2D eigenvalue weighted by Crippen LogP contribution is -2.14. The molecule has 0 fully saturated rings. The lowest BCUT2D eigenvalue weighted by atomic mass is 10.2. The molecular formula is C8H15NOS. The average molecular weight is 173 g/mol. The molecule has 0 aliphatic heterocycles. The summed E-state index contributed by atoms with van der Waals surface area (Å²) in [5.41, 5.74) is -0.862. The minimum Gasteiger partial charge on any atom is -0.378 e. The van der Waals surface area contributed by atoms with Crippen LogP contribution in [0.25, 0.3) is 0 Å². The van der Waals surface area contributed by atoms with Crippen molar-refractivity contribution in [3.8, 4) is 11.2 Å². The van der Waals surface area contributed by atoms with Crippen molar-refractivity contribution in [3.05, 3.63) is 0 Å². The maximum atomic E-state index is 9.18. The molecule has 0 aliphatic rings. The van der Waals surface area contributed by atoms with Crippen LogP contribution in [0.15, 0.2) is 0 Å². The van der Waals surface area contributed by atoms with Gasteiger partial charge in [0.15, 0.2) is 0 Å². The minimum atomic E-state index is -0.862. The Bertz CT molecular complexity index is 161. The van der Waals surface area contributed by atoms with Gasteiger partial charge >= 0.3 is 0 Å². The van der Waals surface area contributed by atoms with Gasteiger partial charge in [-0.2, -0.15) is 0 Å². The van der Waals surface area contributed by atoms with Gasteiger partial charge in [0.2, 0.25) is 0 Å². The van der Waals surface area contributed by atoms with E-state index >= 15 is 0 Å². The van der Waals surface area contributed by atoms with Gasteiger partial charge in [-0.1, -0.05) is 17.7 Å². The Morgan fingerprint density at radius 1 is 1.45 bits per heavy atom. The largest absolute Gasteiger partial charge is 0.378 e. The van der Waals surface area contributed by atoms with E-state index in [0.29, 0.717) is 0 Å². The van der Waals surface area contributed by atoms with Crippen LogP contribution in [0.1, 0.15) is 13.8 Å². The van der Waals surface area contributed by atoms with Gasteiger partial charge in [-0.25, -0.2) is 0 Å². The number of thioether (sulfide) groups is 1. The second-order valence-electron chi connectivity index (χ2n) is 3.14. The molecule has 0 aromatic rings. The van der Waals surface area contributed by atoms with E-state index in [9.17, 15) is 5.11 Å². The number of aliphatic hydroxyl groups is 1. The molecule has 0 spiro atoms. The van der Waals surface area contributed by atoms with Crippen molar-refractivity contribution in [2.24, 2.45) is 0 Å². The Labute approximate surface area is 73.0 Å². The molecule has 0 unspecified atom stereocenters. The van der Waals surface area contributed by atoms with Gasteiger partial charge in [0.1, 0.15) is 5.60 Å². The van der Waals surface area contributed by atoms with E-state index in [1.807, 2.05) is 19.0 Å². The highest BCUT2D eigenvalue weighted by molar-refractivity contribution is 8.03. The normalized spacial score (nSPS) is 11.1. The number of nitrogens with zero attached hydrogens (tertiary/aromatic N) is 1. The van der Waals surface area contributed by atoms with Gasteiger partial charge < -0.3 is 5.11 Å². The van der Waals surface area contributed by atoms with Gasteiger partial charge in [-0.3, -0.25) is 4.90 Å². The molecule has 2 nitrogen and oxygen atoms in total. The fourth-order valence-electron chi connectivity index (χ4n) is 0.322. The maximum Gasteiger partial charge on any atom is 0.120 e. The third-order valence-corrected chi connectivity index (χ3v) is 1.64. The first-order valence-electron chi connectivity index (χ1n) is 3.43. The van der Waals surface area contributed by atoms with Crippen LogP contribution in [-0.2, 0) is 0 Å². The molecule has 0 aromatic carbocycles. The Morgan fingerprint density at radius 2 is 2.00 bits per heavy atom. The van der Waals surface area contributed by atoms with E-state index in [0.717, 1.165) is 5.88 Å². The molecule has 0 saturated carbocycles. The molecule has 0 bridgehead atoms. The van der Waals surface area contributed by atoms with Gasteiger partial charge in [-0.15, -0.1) is 0 Å². The maximum absolute atomic E-state index is 9.18. The third kappa shape index (κ3) is 9.83. The van der Waals surface area contributed by atoms with Crippen molar-refractivity contribution in [2.75, 3.05) is 20.0 Å². The predicted octanol–water partition coefficient (Wildman–Crippen LogP) is 0.970. The average Bonchev–Trinajstić information content (AvgIpc) is 1.78. The van der Waals surface area contributed by atoms with Crippen LogP contribution in [0.3, 0.4) is 0 Å². The molecule has 0 aliphatic carbocycles. The Balaban J connectivity index is 3.57. The zero-order valence-electron chi connectivity index (χ0n) is 7.51. The van der Waals surface area contributed by atoms with Crippen LogP contribution >= 0.6 is 11.8 Å². The minimum absolute atomic E-state index is 0.862. The summed E-state index contributed by atoms with van der Waals surface area (Å²) in [5.74, 6) is 3.58. The van der Waals surface area contributed by atoms with Crippen molar-refractivity contribution in [1.82, 2.24) is 4.90 Å². The summed E-state index contributed by atoms with van der Waals surface area (Å²) in [4.78, 5) is 2.03. The van der Waals surface area contributed by atoms with E-state index < -0.39 is 5.60 Å². The van der Waals surface area contributed by atoms with Crippen LogP contribution in [0, 0.1) is 11.2 Å². The highest BCUT2D eigenvalue weighted by atomic mass is 32.2. The molecule has 0 amide bonds. The third-order valence-electron chi connectivity index (χ3n) is 0.752. The monoisotopic (exact) mass is 173 g/mol. The number of rotatable bonds is 2. The molecule has 1 N–H and O–H groups in total. The molecule has 0 atom stereocenters. The first kappa shape index (κ1) is 10.8. The molecule has 0 radical (unpaired) electrons. The van der Waals surface area contributed by atoms with Crippen LogP contribution in [0.5, 0.6) is 0 Å². The first-order chi connectivity index (χ1) is 4.92. The lowest BCUT2D eigenvalue weighted by Gasteiger charge is -2.07. The summed E-state index contributed by atoms with van der Waals surface area (Å²) in [6.07, 6.45) is 0. The van der Waals surface area contributed by atoms with Crippen LogP contribution in [-0.4, -0.2) is 35.6 Å². The molecule has 0 heterocycles. The summed E-state index contributed by atoms with van der Waals surface area (Å²) in [5, 5.41) is 12.0. The van der Waals surface area contributed by atoms with Crippen LogP contribution in [0.4, 0.5) is 0 Å². The van der Waals surface area contributed by atoms with Crippen molar-refractivity contribution in [2.45, 2.75) is 19.4 Å². The fraction of sp³-hybridized carbons (Fsp3) is 0.750. The Morgan fingerprint density at radius 3 is 2.36 bits per heavy atom. The zero-order valence-corrected chi connectivity index (χ0v) is 8.33. The summed E-state index contributed by atoms with van der Waals surface area (Å²) in [6.45, 7) is 3.35. The van der Waals surface area contributed by atoms with Crippen molar-refractivity contribution in [3.63, 3.8) is 0 Å². The van der Waals surface area contributed by atoms with Crippen molar-refractivity contribution in [1.29, 1.82) is 0 Å². The van der Waals surface area contributed by atoms with Gasteiger partial charge in [0.05, 0.1) is 5.88 Å². The number of hydrogen-bond donors (Lipinski definition) is 1. The molecule has 0 rings (SSSR count). The first-order valence-corrected chi connectivity index (χ1v) is 4.41. The summed E-state index contributed by atoms with van der Waals surface area (Å²) >= 11 is 1.49. The van der Waals surface area contributed by atoms with Crippen molar-refractivity contribution < 1.29 is 5.11 Å². The summed E-state index contributed by atoms with van der Waals surface area (Å²) < 4.78 is 0. The fourth-order valence-corrected chi connectivity index (χ4v) is 0.967. The second kappa shape index (κ2) is 4.66. The van der Waals surface area contributed by atoms with Gasteiger partial charge in [-0.05, 0) is 33.2 Å². The smallest absolute Gasteiger partial charge is 0.120 e. The summed E-state index contributed by atoms with van der Waals surface area (Å²) in [6, 6.07) is 0. The number of hydrogen-bond acceptors (Lipinski definition) is 3. The van der Waals surface area contributed by atoms with E-state index in [2.05, 4.69) is 11.2 Å². The predicted molar refractivity (Wildman–Crippen MR) is 50.2 cm³/mol. The van der Waals surface area contributed by atoms with E-state index in [1.165, 1.54) is 11.8 Å². The van der Waals surface area contributed by atoms with E-state index in [4.69, 9.17) is 0 Å². The van der Waals surface area contributed by atoms with E-state index in [-0.39, 0.29) is 0 Å². The highest BCUT2D eigenvalue weighted by Gasteiger charge is 2.05. The SMILES string of the molecule is CN(C)CSC#CC(C)(C)O. The van der Waals surface area contributed by atoms with E-state index in [1.54, 1.807) is 13.8 Å². The lowest BCUT2D eigenvalue weighted by molar-refractivity contribution is 0.144. The molecular weight excluding hydrogens is 158 g/mol. The van der Waals surface area contributed by atoms with Crippen LogP contribution < -0.4 is 0 Å². The van der Waals surface area contributed by atoms with Gasteiger partial charge in [0.25, 0.3) is 0 Å². The van der Waals surface area contributed by atoms with Gasteiger partial charge in [0, 0.05) is 0 Å².